The Kier molecular flexibility index (Phi) is 4.66. The fourth-order valence-electron chi connectivity index (χ4n) is 4.18. The van der Waals surface area contributed by atoms with Crippen molar-refractivity contribution in [3.63, 3.8) is 0 Å². The summed E-state index contributed by atoms with van der Waals surface area (Å²) in [5.41, 5.74) is 1.30. The Hall–Kier alpha value is -2.73. The van der Waals surface area contributed by atoms with Crippen LogP contribution in [0.15, 0.2) is 59.6 Å². The van der Waals surface area contributed by atoms with Gasteiger partial charge in [0.15, 0.2) is 0 Å². The highest BCUT2D eigenvalue weighted by Gasteiger charge is 2.51. The first-order valence-electron chi connectivity index (χ1n) is 9.25. The lowest BCUT2D eigenvalue weighted by molar-refractivity contribution is 0.182. The van der Waals surface area contributed by atoms with Crippen LogP contribution in [0.5, 0.6) is 0 Å². The second kappa shape index (κ2) is 7.12. The minimum Gasteiger partial charge on any atom is -0.374 e. The molecule has 1 saturated heterocycles. The van der Waals surface area contributed by atoms with Crippen molar-refractivity contribution in [2.24, 2.45) is 4.99 Å². The van der Waals surface area contributed by atoms with Gasteiger partial charge in [-0.2, -0.15) is 4.99 Å². The Labute approximate surface area is 158 Å². The number of benzene rings is 2. The molecule has 5 nitrogen and oxygen atoms in total. The van der Waals surface area contributed by atoms with E-state index in [0.717, 1.165) is 32.5 Å². The molecular formula is C21H23FN4O. The molecule has 2 heterocycles. The van der Waals surface area contributed by atoms with Gasteiger partial charge in [0.2, 0.25) is 0 Å². The number of halogens is 1. The fourth-order valence-corrected chi connectivity index (χ4v) is 4.18. The largest absolute Gasteiger partial charge is 0.374 e. The molecule has 2 aromatic carbocycles. The van der Waals surface area contributed by atoms with Crippen molar-refractivity contribution in [3.8, 4) is 0 Å². The third-order valence-corrected chi connectivity index (χ3v) is 5.50. The number of amidine groups is 1. The van der Waals surface area contributed by atoms with Crippen LogP contribution < -0.4 is 10.2 Å². The molecule has 1 fully saturated rings. The first-order valence-corrected chi connectivity index (χ1v) is 9.25. The highest BCUT2D eigenvalue weighted by molar-refractivity contribution is 6.16. The lowest BCUT2D eigenvalue weighted by atomic mass is 9.84. The molecule has 2 aliphatic heterocycles. The predicted molar refractivity (Wildman–Crippen MR) is 104 cm³/mol. The van der Waals surface area contributed by atoms with Crippen LogP contribution in [-0.4, -0.2) is 42.4 Å². The molecule has 1 N–H and O–H groups in total. The van der Waals surface area contributed by atoms with Crippen LogP contribution in [-0.2, 0) is 6.54 Å². The number of amides is 2. The van der Waals surface area contributed by atoms with Crippen LogP contribution >= 0.6 is 0 Å². The van der Waals surface area contributed by atoms with E-state index in [1.54, 1.807) is 24.1 Å². The zero-order chi connectivity index (χ0) is 18.9. The van der Waals surface area contributed by atoms with Crippen LogP contribution in [0.4, 0.5) is 14.9 Å². The lowest BCUT2D eigenvalue weighted by Gasteiger charge is -2.44. The second-order valence-corrected chi connectivity index (χ2v) is 7.10. The van der Waals surface area contributed by atoms with Crippen LogP contribution in [0, 0.1) is 5.82 Å². The third kappa shape index (κ3) is 3.21. The van der Waals surface area contributed by atoms with Crippen molar-refractivity contribution < 1.29 is 9.18 Å². The van der Waals surface area contributed by atoms with Gasteiger partial charge >= 0.3 is 6.03 Å². The average molecular weight is 366 g/mol. The molecule has 1 spiro atoms. The molecule has 4 rings (SSSR count). The van der Waals surface area contributed by atoms with E-state index in [2.05, 4.69) is 27.3 Å². The number of anilines is 1. The molecule has 140 valence electrons. The van der Waals surface area contributed by atoms with E-state index in [0.29, 0.717) is 11.5 Å². The third-order valence-electron chi connectivity index (χ3n) is 5.50. The normalized spacial score (nSPS) is 19.4. The summed E-state index contributed by atoms with van der Waals surface area (Å²) in [5, 5.41) is 3.11. The van der Waals surface area contributed by atoms with E-state index in [1.165, 1.54) is 17.7 Å². The molecule has 0 radical (unpaired) electrons. The SMILES string of the molecule is CNC1=NC(=O)N(c2cccc(F)c2)C12CCN(Cc1ccccc1)CC2. The van der Waals surface area contributed by atoms with Crippen molar-refractivity contribution in [2.45, 2.75) is 24.9 Å². The molecule has 0 atom stereocenters. The number of nitrogens with zero attached hydrogens (tertiary/aromatic N) is 3. The van der Waals surface area contributed by atoms with Crippen LogP contribution in [0.3, 0.4) is 0 Å². The summed E-state index contributed by atoms with van der Waals surface area (Å²) < 4.78 is 13.8. The van der Waals surface area contributed by atoms with Crippen LogP contribution in [0.25, 0.3) is 0 Å². The lowest BCUT2D eigenvalue weighted by Crippen LogP contribution is -2.60. The number of likely N-dealkylation sites (tertiary alicyclic amines) is 1. The quantitative estimate of drug-likeness (QED) is 0.906. The van der Waals surface area contributed by atoms with E-state index in [4.69, 9.17) is 0 Å². The monoisotopic (exact) mass is 366 g/mol. The maximum atomic E-state index is 13.8. The molecule has 2 aliphatic rings. The van der Waals surface area contributed by atoms with Crippen molar-refractivity contribution >= 4 is 17.6 Å². The number of nitrogens with one attached hydrogen (secondary N) is 1. The van der Waals surface area contributed by atoms with Gasteiger partial charge in [-0.3, -0.25) is 9.80 Å². The summed E-state index contributed by atoms with van der Waals surface area (Å²) in [6, 6.07) is 16.2. The summed E-state index contributed by atoms with van der Waals surface area (Å²) in [6.07, 6.45) is 1.50. The predicted octanol–water partition coefficient (Wildman–Crippen LogP) is 3.42. The number of rotatable bonds is 3. The van der Waals surface area contributed by atoms with Gasteiger partial charge < -0.3 is 5.32 Å². The van der Waals surface area contributed by atoms with Crippen molar-refractivity contribution in [1.29, 1.82) is 0 Å². The number of likely N-dealkylation sites (N-methyl/N-ethyl adjacent to an activating group) is 1. The van der Waals surface area contributed by atoms with Crippen LogP contribution in [0.2, 0.25) is 0 Å². The van der Waals surface area contributed by atoms with Gasteiger partial charge in [0.25, 0.3) is 0 Å². The zero-order valence-corrected chi connectivity index (χ0v) is 15.4. The number of aliphatic imine (C=N–C) groups is 1. The van der Waals surface area contributed by atoms with Crippen molar-refractivity contribution in [3.05, 3.63) is 66.0 Å². The second-order valence-electron chi connectivity index (χ2n) is 7.10. The first-order chi connectivity index (χ1) is 13.1. The Morgan fingerprint density at radius 2 is 1.85 bits per heavy atom. The molecular weight excluding hydrogens is 343 g/mol. The van der Waals surface area contributed by atoms with Gasteiger partial charge in [0.1, 0.15) is 17.2 Å². The Morgan fingerprint density at radius 3 is 2.52 bits per heavy atom. The number of hydrogen-bond donors (Lipinski definition) is 1. The minimum absolute atomic E-state index is 0.332. The summed E-state index contributed by atoms with van der Waals surface area (Å²) in [7, 11) is 1.79. The number of carbonyl (C=O) groups excluding carboxylic acids is 1. The molecule has 0 saturated carbocycles. The number of urea groups is 1. The Balaban J connectivity index is 1.58. The average Bonchev–Trinajstić information content (AvgIpc) is 2.95. The summed E-state index contributed by atoms with van der Waals surface area (Å²) >= 11 is 0. The summed E-state index contributed by atoms with van der Waals surface area (Å²) in [6.45, 7) is 2.57. The van der Waals surface area contributed by atoms with Gasteiger partial charge in [-0.05, 0) is 36.6 Å². The Morgan fingerprint density at radius 1 is 1.11 bits per heavy atom. The molecule has 6 heteroatoms. The highest BCUT2D eigenvalue weighted by Crippen LogP contribution is 2.38. The van der Waals surface area contributed by atoms with E-state index in [1.807, 2.05) is 18.2 Å². The van der Waals surface area contributed by atoms with E-state index < -0.39 is 5.54 Å². The van der Waals surface area contributed by atoms with Gasteiger partial charge in [-0.15, -0.1) is 0 Å². The topological polar surface area (TPSA) is 47.9 Å². The van der Waals surface area contributed by atoms with Crippen molar-refractivity contribution in [1.82, 2.24) is 10.2 Å². The molecule has 0 unspecified atom stereocenters. The van der Waals surface area contributed by atoms with E-state index >= 15 is 0 Å². The highest BCUT2D eigenvalue weighted by atomic mass is 19.1. The molecule has 27 heavy (non-hydrogen) atoms. The fraction of sp³-hybridized carbons (Fsp3) is 0.333. The van der Waals surface area contributed by atoms with Crippen molar-refractivity contribution in [2.75, 3.05) is 25.0 Å². The molecule has 0 aromatic heterocycles. The molecule has 0 aliphatic carbocycles. The Bertz CT molecular complexity index is 859. The first kappa shape index (κ1) is 17.7. The number of hydrogen-bond acceptors (Lipinski definition) is 3. The molecule has 2 aromatic rings. The summed E-state index contributed by atoms with van der Waals surface area (Å²) in [5.74, 6) is 0.325. The smallest absolute Gasteiger partial charge is 0.350 e. The van der Waals surface area contributed by atoms with Gasteiger partial charge in [-0.25, -0.2) is 9.18 Å². The van der Waals surface area contributed by atoms with Crippen LogP contribution in [0.1, 0.15) is 18.4 Å². The molecule has 2 amide bonds. The van der Waals surface area contributed by atoms with E-state index in [9.17, 15) is 9.18 Å². The maximum Gasteiger partial charge on any atom is 0.350 e. The summed E-state index contributed by atoms with van der Waals surface area (Å²) in [4.78, 5) is 21.0. The number of carbonyl (C=O) groups is 1. The van der Waals surface area contributed by atoms with Gasteiger partial charge in [-0.1, -0.05) is 36.4 Å². The van der Waals surface area contributed by atoms with E-state index in [-0.39, 0.29) is 11.8 Å². The zero-order valence-electron chi connectivity index (χ0n) is 15.4. The maximum absolute atomic E-state index is 13.8. The molecule has 0 bridgehead atoms. The van der Waals surface area contributed by atoms with Gasteiger partial charge in [0, 0.05) is 32.4 Å². The standard InChI is InChI=1S/C21H23FN4O/c1-23-19-21(26(20(27)24-19)18-9-5-8-17(22)14-18)10-12-25(13-11-21)15-16-6-3-2-4-7-16/h2-9,14H,10-13,15H2,1H3,(H,23,24,27). The minimum atomic E-state index is -0.535. The number of piperidine rings is 1. The van der Waals surface area contributed by atoms with Gasteiger partial charge in [0.05, 0.1) is 0 Å².